The Hall–Kier alpha value is -1.58. The van der Waals surface area contributed by atoms with E-state index in [0.29, 0.717) is 23.2 Å². The zero-order chi connectivity index (χ0) is 14.0. The fourth-order valence-electron chi connectivity index (χ4n) is 2.70. The molecular formula is C15H21FN2O. The average molecular weight is 264 g/mol. The summed E-state index contributed by atoms with van der Waals surface area (Å²) in [7, 11) is 0. The number of nitrogens with two attached hydrogens (primary N) is 1. The summed E-state index contributed by atoms with van der Waals surface area (Å²) in [6.45, 7) is 3.93. The summed E-state index contributed by atoms with van der Waals surface area (Å²) in [5, 5.41) is 3.39. The van der Waals surface area contributed by atoms with Crippen LogP contribution in [-0.4, -0.2) is 11.9 Å². The molecule has 3 N–H and O–H groups in total. The minimum absolute atomic E-state index is 0.217. The highest BCUT2D eigenvalue weighted by Gasteiger charge is 2.22. The van der Waals surface area contributed by atoms with Gasteiger partial charge in [0.2, 0.25) is 5.91 Å². The number of hydrogen-bond donors (Lipinski definition) is 2. The van der Waals surface area contributed by atoms with Crippen LogP contribution in [0, 0.1) is 18.7 Å². The number of carbonyl (C=O) groups is 1. The molecule has 2 rings (SSSR count). The Bertz CT molecular complexity index is 487. The van der Waals surface area contributed by atoms with E-state index in [1.165, 1.54) is 25.3 Å². The van der Waals surface area contributed by atoms with Gasteiger partial charge in [0.1, 0.15) is 5.82 Å². The van der Waals surface area contributed by atoms with E-state index in [1.54, 1.807) is 13.0 Å². The average Bonchev–Trinajstić information content (AvgIpc) is 2.37. The molecule has 1 saturated carbocycles. The summed E-state index contributed by atoms with van der Waals surface area (Å²) >= 11 is 0. The van der Waals surface area contributed by atoms with Gasteiger partial charge in [-0.25, -0.2) is 4.39 Å². The largest absolute Gasteiger partial charge is 0.382 e. The molecule has 0 aliphatic heterocycles. The van der Waals surface area contributed by atoms with E-state index in [0.717, 1.165) is 6.42 Å². The van der Waals surface area contributed by atoms with Crippen LogP contribution < -0.4 is 11.1 Å². The molecule has 2 atom stereocenters. The molecule has 0 saturated heterocycles. The smallest absolute Gasteiger partial charge is 0.248 e. The topological polar surface area (TPSA) is 55.1 Å². The van der Waals surface area contributed by atoms with Gasteiger partial charge in [-0.2, -0.15) is 0 Å². The van der Waals surface area contributed by atoms with Gasteiger partial charge < -0.3 is 11.1 Å². The van der Waals surface area contributed by atoms with Crippen molar-refractivity contribution in [1.82, 2.24) is 0 Å². The second-order valence-corrected chi connectivity index (χ2v) is 5.51. The maximum atomic E-state index is 13.8. The maximum Gasteiger partial charge on any atom is 0.248 e. The Labute approximate surface area is 113 Å². The third-order valence-electron chi connectivity index (χ3n) is 4.08. The first-order chi connectivity index (χ1) is 8.99. The Morgan fingerprint density at radius 2 is 2.05 bits per heavy atom. The zero-order valence-corrected chi connectivity index (χ0v) is 11.5. The lowest BCUT2D eigenvalue weighted by Gasteiger charge is -2.31. The van der Waals surface area contributed by atoms with Crippen LogP contribution in [0.25, 0.3) is 0 Å². The van der Waals surface area contributed by atoms with Crippen molar-refractivity contribution < 1.29 is 9.18 Å². The van der Waals surface area contributed by atoms with Crippen molar-refractivity contribution >= 4 is 11.6 Å². The molecule has 1 fully saturated rings. The number of primary amides is 1. The second-order valence-electron chi connectivity index (χ2n) is 5.51. The van der Waals surface area contributed by atoms with Crippen molar-refractivity contribution in [1.29, 1.82) is 0 Å². The predicted octanol–water partition coefficient (Wildman–Crippen LogP) is 3.22. The summed E-state index contributed by atoms with van der Waals surface area (Å²) in [5.74, 6) is -0.422. The first-order valence-electron chi connectivity index (χ1n) is 6.85. The molecule has 1 amide bonds. The number of hydrogen-bond acceptors (Lipinski definition) is 2. The molecule has 104 valence electrons. The highest BCUT2D eigenvalue weighted by molar-refractivity contribution is 5.94. The molecule has 1 aromatic rings. The molecule has 3 nitrogen and oxygen atoms in total. The van der Waals surface area contributed by atoms with Crippen LogP contribution in [0.5, 0.6) is 0 Å². The zero-order valence-electron chi connectivity index (χ0n) is 11.5. The van der Waals surface area contributed by atoms with Gasteiger partial charge in [-0.3, -0.25) is 4.79 Å². The van der Waals surface area contributed by atoms with Crippen molar-refractivity contribution in [2.45, 2.75) is 45.6 Å². The van der Waals surface area contributed by atoms with Crippen molar-refractivity contribution in [2.75, 3.05) is 5.32 Å². The SMILES string of the molecule is Cc1c(F)cc(C(N)=O)cc1NC1CCCCC1C. The van der Waals surface area contributed by atoms with E-state index in [2.05, 4.69) is 12.2 Å². The van der Waals surface area contributed by atoms with Crippen LogP contribution >= 0.6 is 0 Å². The Morgan fingerprint density at radius 1 is 1.37 bits per heavy atom. The second kappa shape index (κ2) is 5.59. The predicted molar refractivity (Wildman–Crippen MR) is 74.7 cm³/mol. The normalized spacial score (nSPS) is 23.1. The van der Waals surface area contributed by atoms with Gasteiger partial charge in [0.25, 0.3) is 0 Å². The number of amides is 1. The summed E-state index contributed by atoms with van der Waals surface area (Å²) in [6.07, 6.45) is 4.73. The summed E-state index contributed by atoms with van der Waals surface area (Å²) in [6, 6.07) is 3.20. The molecule has 0 aromatic heterocycles. The third kappa shape index (κ3) is 3.06. The van der Waals surface area contributed by atoms with E-state index in [4.69, 9.17) is 5.73 Å². The van der Waals surface area contributed by atoms with Crippen molar-refractivity contribution in [3.63, 3.8) is 0 Å². The molecule has 1 aliphatic carbocycles. The fraction of sp³-hybridized carbons (Fsp3) is 0.533. The Morgan fingerprint density at radius 3 is 2.68 bits per heavy atom. The van der Waals surface area contributed by atoms with Crippen molar-refractivity contribution in [3.8, 4) is 0 Å². The van der Waals surface area contributed by atoms with Crippen LogP contribution in [0.2, 0.25) is 0 Å². The lowest BCUT2D eigenvalue weighted by Crippen LogP contribution is -2.30. The number of halogens is 1. The lowest BCUT2D eigenvalue weighted by molar-refractivity contribution is 0.1000. The Kier molecular flexibility index (Phi) is 4.08. The van der Waals surface area contributed by atoms with E-state index >= 15 is 0 Å². The molecule has 1 aliphatic rings. The standard InChI is InChI=1S/C15H21FN2O/c1-9-5-3-4-6-13(9)18-14-8-11(15(17)19)7-12(16)10(14)2/h7-9,13,18H,3-6H2,1-2H3,(H2,17,19). The van der Waals surface area contributed by atoms with E-state index in [-0.39, 0.29) is 11.4 Å². The van der Waals surface area contributed by atoms with Crippen LogP contribution in [-0.2, 0) is 0 Å². The maximum absolute atomic E-state index is 13.8. The third-order valence-corrected chi connectivity index (χ3v) is 4.08. The van der Waals surface area contributed by atoms with E-state index in [1.807, 2.05) is 0 Å². The van der Waals surface area contributed by atoms with Crippen molar-refractivity contribution in [2.24, 2.45) is 11.7 Å². The van der Waals surface area contributed by atoms with Crippen LogP contribution in [0.4, 0.5) is 10.1 Å². The van der Waals surface area contributed by atoms with Gasteiger partial charge >= 0.3 is 0 Å². The Balaban J connectivity index is 2.25. The molecule has 19 heavy (non-hydrogen) atoms. The number of anilines is 1. The van der Waals surface area contributed by atoms with Crippen molar-refractivity contribution in [3.05, 3.63) is 29.1 Å². The highest BCUT2D eigenvalue weighted by Crippen LogP contribution is 2.29. The first kappa shape index (κ1) is 13.8. The quantitative estimate of drug-likeness (QED) is 0.880. The summed E-state index contributed by atoms with van der Waals surface area (Å²) < 4.78 is 13.8. The monoisotopic (exact) mass is 264 g/mol. The van der Waals surface area contributed by atoms with Gasteiger partial charge in [-0.1, -0.05) is 19.8 Å². The van der Waals surface area contributed by atoms with Gasteiger partial charge in [0.15, 0.2) is 0 Å². The highest BCUT2D eigenvalue weighted by atomic mass is 19.1. The molecule has 0 radical (unpaired) electrons. The minimum Gasteiger partial charge on any atom is -0.382 e. The van der Waals surface area contributed by atoms with Crippen LogP contribution in [0.3, 0.4) is 0 Å². The van der Waals surface area contributed by atoms with Crippen LogP contribution in [0.15, 0.2) is 12.1 Å². The number of carbonyl (C=O) groups excluding carboxylic acids is 1. The molecular weight excluding hydrogens is 243 g/mol. The van der Waals surface area contributed by atoms with E-state index < -0.39 is 5.91 Å². The minimum atomic E-state index is -0.598. The fourth-order valence-corrected chi connectivity index (χ4v) is 2.70. The molecule has 0 spiro atoms. The first-order valence-corrected chi connectivity index (χ1v) is 6.85. The number of rotatable bonds is 3. The van der Waals surface area contributed by atoms with Gasteiger partial charge in [0.05, 0.1) is 0 Å². The molecule has 2 unspecified atom stereocenters. The molecule has 0 bridgehead atoms. The van der Waals surface area contributed by atoms with E-state index in [9.17, 15) is 9.18 Å². The number of nitrogens with one attached hydrogen (secondary N) is 1. The van der Waals surface area contributed by atoms with Crippen LogP contribution in [0.1, 0.15) is 48.5 Å². The summed E-state index contributed by atoms with van der Waals surface area (Å²) in [5.41, 5.74) is 6.68. The molecule has 1 aromatic carbocycles. The molecule has 4 heteroatoms. The summed E-state index contributed by atoms with van der Waals surface area (Å²) in [4.78, 5) is 11.2. The van der Waals surface area contributed by atoms with Gasteiger partial charge in [0, 0.05) is 22.9 Å². The lowest BCUT2D eigenvalue weighted by atomic mass is 9.85. The molecule has 0 heterocycles. The number of benzene rings is 1. The van der Waals surface area contributed by atoms with Gasteiger partial charge in [-0.05, 0) is 37.8 Å². The van der Waals surface area contributed by atoms with Gasteiger partial charge in [-0.15, -0.1) is 0 Å².